The van der Waals surface area contributed by atoms with E-state index >= 15 is 0 Å². The maximum Gasteiger partial charge on any atom is 0.0666 e. The van der Waals surface area contributed by atoms with Crippen molar-refractivity contribution >= 4 is 0 Å². The molecule has 0 unspecified atom stereocenters. The molecule has 1 rings (SSSR count). The number of rotatable bonds is 7. The molecule has 1 N–H and O–H groups in total. The Kier molecular flexibility index (Phi) is 5.49. The van der Waals surface area contributed by atoms with Gasteiger partial charge in [0.2, 0.25) is 0 Å². The van der Waals surface area contributed by atoms with E-state index in [2.05, 4.69) is 42.4 Å². The summed E-state index contributed by atoms with van der Waals surface area (Å²) in [7, 11) is 4.14. The Balaban J connectivity index is 2.45. The van der Waals surface area contributed by atoms with Crippen molar-refractivity contribution in [3.05, 3.63) is 17.5 Å². The van der Waals surface area contributed by atoms with Crippen molar-refractivity contribution in [3.63, 3.8) is 0 Å². The van der Waals surface area contributed by atoms with Crippen LogP contribution >= 0.6 is 0 Å². The maximum atomic E-state index is 4.45. The van der Waals surface area contributed by atoms with Gasteiger partial charge in [0.15, 0.2) is 0 Å². The highest BCUT2D eigenvalue weighted by Crippen LogP contribution is 2.09. The molecule has 0 bridgehead atoms. The SMILES string of the molecule is CCNCCN(C)Cc1cn(C)nc1CC. The predicted octanol–water partition coefficient (Wildman–Crippen LogP) is 1.02. The normalized spacial score (nSPS) is 11.3. The molecule has 4 heteroatoms. The summed E-state index contributed by atoms with van der Waals surface area (Å²) in [6.45, 7) is 8.45. The minimum absolute atomic E-state index is 0.988. The molecule has 16 heavy (non-hydrogen) atoms. The molecule has 0 fully saturated rings. The third-order valence-electron chi connectivity index (χ3n) is 2.69. The number of hydrogen-bond donors (Lipinski definition) is 1. The summed E-state index contributed by atoms with van der Waals surface area (Å²) in [4.78, 5) is 2.33. The fourth-order valence-corrected chi connectivity index (χ4v) is 1.83. The van der Waals surface area contributed by atoms with Gasteiger partial charge in [-0.2, -0.15) is 5.10 Å². The van der Waals surface area contributed by atoms with Crippen LogP contribution in [0.3, 0.4) is 0 Å². The van der Waals surface area contributed by atoms with Crippen LogP contribution in [0.2, 0.25) is 0 Å². The maximum absolute atomic E-state index is 4.45. The molecule has 0 radical (unpaired) electrons. The molecule has 1 heterocycles. The third-order valence-corrected chi connectivity index (χ3v) is 2.69. The van der Waals surface area contributed by atoms with E-state index in [1.807, 2.05) is 11.7 Å². The summed E-state index contributed by atoms with van der Waals surface area (Å²) in [5.41, 5.74) is 2.57. The van der Waals surface area contributed by atoms with Crippen LogP contribution in [0.25, 0.3) is 0 Å². The average Bonchev–Trinajstić information content (AvgIpc) is 2.59. The zero-order valence-corrected chi connectivity index (χ0v) is 11.0. The Labute approximate surface area is 98.6 Å². The van der Waals surface area contributed by atoms with Gasteiger partial charge in [0.1, 0.15) is 0 Å². The van der Waals surface area contributed by atoms with Gasteiger partial charge in [-0.1, -0.05) is 13.8 Å². The molecule has 92 valence electrons. The van der Waals surface area contributed by atoms with Crippen LogP contribution in [0.15, 0.2) is 6.20 Å². The zero-order chi connectivity index (χ0) is 12.0. The quantitative estimate of drug-likeness (QED) is 0.702. The summed E-state index contributed by atoms with van der Waals surface area (Å²) >= 11 is 0. The number of hydrogen-bond acceptors (Lipinski definition) is 3. The van der Waals surface area contributed by atoms with Crippen molar-refractivity contribution in [2.24, 2.45) is 7.05 Å². The van der Waals surface area contributed by atoms with E-state index < -0.39 is 0 Å². The second kappa shape index (κ2) is 6.66. The first-order chi connectivity index (χ1) is 7.67. The standard InChI is InChI=1S/C12H24N4/c1-5-12-11(10-16(4)14-12)9-15(3)8-7-13-6-2/h10,13H,5-9H2,1-4H3. The Bertz CT molecular complexity index is 306. The highest BCUT2D eigenvalue weighted by Gasteiger charge is 2.07. The van der Waals surface area contributed by atoms with Crippen LogP contribution in [-0.2, 0) is 20.0 Å². The van der Waals surface area contributed by atoms with E-state index in [0.717, 1.165) is 32.6 Å². The van der Waals surface area contributed by atoms with Crippen molar-refractivity contribution in [2.45, 2.75) is 26.8 Å². The Morgan fingerprint density at radius 3 is 2.81 bits per heavy atom. The van der Waals surface area contributed by atoms with Crippen molar-refractivity contribution in [2.75, 3.05) is 26.7 Å². The lowest BCUT2D eigenvalue weighted by Crippen LogP contribution is -2.28. The van der Waals surface area contributed by atoms with E-state index in [0.29, 0.717) is 0 Å². The monoisotopic (exact) mass is 224 g/mol. The molecule has 0 aliphatic carbocycles. The van der Waals surface area contributed by atoms with Gasteiger partial charge in [-0.15, -0.1) is 0 Å². The summed E-state index contributed by atoms with van der Waals surface area (Å²) < 4.78 is 1.91. The first kappa shape index (κ1) is 13.2. The fraction of sp³-hybridized carbons (Fsp3) is 0.750. The molecular weight excluding hydrogens is 200 g/mol. The molecule has 0 aromatic carbocycles. The third kappa shape index (κ3) is 3.94. The highest BCUT2D eigenvalue weighted by molar-refractivity contribution is 5.16. The van der Waals surface area contributed by atoms with Crippen molar-refractivity contribution < 1.29 is 0 Å². The van der Waals surface area contributed by atoms with Crippen molar-refractivity contribution in [3.8, 4) is 0 Å². The number of aromatic nitrogens is 2. The predicted molar refractivity (Wildman–Crippen MR) is 67.5 cm³/mol. The molecular formula is C12H24N4. The summed E-state index contributed by atoms with van der Waals surface area (Å²) in [5.74, 6) is 0. The highest BCUT2D eigenvalue weighted by atomic mass is 15.3. The lowest BCUT2D eigenvalue weighted by atomic mass is 10.2. The number of nitrogens with one attached hydrogen (secondary N) is 1. The van der Waals surface area contributed by atoms with Crippen LogP contribution in [0.4, 0.5) is 0 Å². The molecule has 0 aliphatic heterocycles. The topological polar surface area (TPSA) is 33.1 Å². The lowest BCUT2D eigenvalue weighted by molar-refractivity contribution is 0.324. The Morgan fingerprint density at radius 1 is 1.44 bits per heavy atom. The molecule has 0 aliphatic rings. The number of likely N-dealkylation sites (N-methyl/N-ethyl adjacent to an activating group) is 2. The summed E-state index contributed by atoms with van der Waals surface area (Å²) in [5, 5.41) is 7.79. The molecule has 0 saturated carbocycles. The van der Waals surface area contributed by atoms with Crippen LogP contribution in [-0.4, -0.2) is 41.4 Å². The molecule has 0 saturated heterocycles. The molecule has 0 amide bonds. The minimum Gasteiger partial charge on any atom is -0.316 e. The zero-order valence-electron chi connectivity index (χ0n) is 11.0. The van der Waals surface area contributed by atoms with Crippen LogP contribution in [0, 0.1) is 0 Å². The lowest BCUT2D eigenvalue weighted by Gasteiger charge is -2.16. The van der Waals surface area contributed by atoms with Crippen molar-refractivity contribution in [1.82, 2.24) is 20.0 Å². The average molecular weight is 224 g/mol. The molecule has 0 atom stereocenters. The van der Waals surface area contributed by atoms with E-state index in [1.54, 1.807) is 0 Å². The van der Waals surface area contributed by atoms with Crippen LogP contribution in [0.1, 0.15) is 25.1 Å². The second-order valence-corrected chi connectivity index (χ2v) is 4.22. The van der Waals surface area contributed by atoms with E-state index in [-0.39, 0.29) is 0 Å². The van der Waals surface area contributed by atoms with E-state index in [4.69, 9.17) is 0 Å². The molecule has 1 aromatic rings. The number of aryl methyl sites for hydroxylation is 2. The largest absolute Gasteiger partial charge is 0.316 e. The Hall–Kier alpha value is -0.870. The van der Waals surface area contributed by atoms with E-state index in [9.17, 15) is 0 Å². The summed E-state index contributed by atoms with van der Waals surface area (Å²) in [6, 6.07) is 0. The molecule has 0 spiro atoms. The molecule has 4 nitrogen and oxygen atoms in total. The Morgan fingerprint density at radius 2 is 2.19 bits per heavy atom. The van der Waals surface area contributed by atoms with Gasteiger partial charge in [-0.05, 0) is 20.0 Å². The van der Waals surface area contributed by atoms with E-state index in [1.165, 1.54) is 11.3 Å². The minimum atomic E-state index is 0.988. The smallest absolute Gasteiger partial charge is 0.0666 e. The second-order valence-electron chi connectivity index (χ2n) is 4.22. The van der Waals surface area contributed by atoms with Gasteiger partial charge in [0.25, 0.3) is 0 Å². The first-order valence-electron chi connectivity index (χ1n) is 6.08. The number of nitrogens with zero attached hydrogens (tertiary/aromatic N) is 3. The van der Waals surface area contributed by atoms with Crippen LogP contribution in [0.5, 0.6) is 0 Å². The van der Waals surface area contributed by atoms with Gasteiger partial charge in [0.05, 0.1) is 5.69 Å². The van der Waals surface area contributed by atoms with Gasteiger partial charge in [0, 0.05) is 38.4 Å². The van der Waals surface area contributed by atoms with Crippen molar-refractivity contribution in [1.29, 1.82) is 0 Å². The fourth-order valence-electron chi connectivity index (χ4n) is 1.83. The van der Waals surface area contributed by atoms with Gasteiger partial charge in [-0.25, -0.2) is 0 Å². The van der Waals surface area contributed by atoms with Gasteiger partial charge >= 0.3 is 0 Å². The molecule has 1 aromatic heterocycles. The summed E-state index contributed by atoms with van der Waals surface area (Å²) in [6.07, 6.45) is 3.14. The van der Waals surface area contributed by atoms with Gasteiger partial charge < -0.3 is 10.2 Å². The first-order valence-corrected chi connectivity index (χ1v) is 6.08. The van der Waals surface area contributed by atoms with Crippen LogP contribution < -0.4 is 5.32 Å². The van der Waals surface area contributed by atoms with Gasteiger partial charge in [-0.3, -0.25) is 4.68 Å².